The first-order chi connectivity index (χ1) is 13.8. The molecule has 0 saturated carbocycles. The Morgan fingerprint density at radius 3 is 2.62 bits per heavy atom. The van der Waals surface area contributed by atoms with E-state index < -0.39 is 27.5 Å². The highest BCUT2D eigenvalue weighted by Gasteiger charge is 2.38. The number of aromatic nitrogens is 4. The molecule has 2 aromatic heterocycles. The van der Waals surface area contributed by atoms with Crippen molar-refractivity contribution in [1.82, 2.24) is 29.4 Å². The highest BCUT2D eigenvalue weighted by atomic mass is 32.2. The minimum absolute atomic E-state index is 0.0372. The largest absolute Gasteiger partial charge is 0.497 e. The number of amides is 1. The van der Waals surface area contributed by atoms with Gasteiger partial charge in [0.1, 0.15) is 5.75 Å². The van der Waals surface area contributed by atoms with Crippen molar-refractivity contribution < 1.29 is 17.9 Å². The van der Waals surface area contributed by atoms with E-state index in [9.17, 15) is 18.0 Å². The first-order valence-corrected chi connectivity index (χ1v) is 10.1. The molecule has 1 amide bonds. The Morgan fingerprint density at radius 1 is 1.28 bits per heavy atom. The van der Waals surface area contributed by atoms with Gasteiger partial charge in [0.15, 0.2) is 11.2 Å². The van der Waals surface area contributed by atoms with E-state index >= 15 is 0 Å². The van der Waals surface area contributed by atoms with Gasteiger partial charge in [-0.25, -0.2) is 12.9 Å². The van der Waals surface area contributed by atoms with Gasteiger partial charge in [-0.2, -0.15) is 4.31 Å². The molecule has 1 aromatic carbocycles. The third kappa shape index (κ3) is 3.36. The second-order valence-electron chi connectivity index (χ2n) is 6.67. The molecule has 1 saturated heterocycles. The molecule has 1 aliphatic heterocycles. The van der Waals surface area contributed by atoms with E-state index in [1.807, 2.05) is 0 Å². The van der Waals surface area contributed by atoms with Crippen LogP contribution in [0.3, 0.4) is 0 Å². The van der Waals surface area contributed by atoms with Crippen molar-refractivity contribution in [2.75, 3.05) is 20.2 Å². The number of sulfonamides is 1. The number of ether oxygens (including phenoxy) is 1. The fourth-order valence-electron chi connectivity index (χ4n) is 3.08. The highest BCUT2D eigenvalue weighted by molar-refractivity contribution is 7.89. The molecule has 0 atom stereocenters. The van der Waals surface area contributed by atoms with Crippen LogP contribution in [0, 0.1) is 6.92 Å². The van der Waals surface area contributed by atoms with Gasteiger partial charge in [-0.1, -0.05) is 5.21 Å². The number of fused-ring (bicyclic) bond motifs is 1. The Bertz CT molecular complexity index is 1240. The van der Waals surface area contributed by atoms with E-state index in [1.54, 1.807) is 25.3 Å². The van der Waals surface area contributed by atoms with Gasteiger partial charge in [-0.05, 0) is 31.2 Å². The number of hydrogen-bond acceptors (Lipinski definition) is 7. The van der Waals surface area contributed by atoms with E-state index in [0.29, 0.717) is 11.4 Å². The number of H-pyrrole nitrogens is 1. The SMILES string of the molecule is COc1ccc(S(=O)(=O)N2CC(NC(=O)c3nnn4cc(C)[nH]c(=O)c34)C2)cc1. The zero-order valence-corrected chi connectivity index (χ0v) is 16.4. The molecule has 0 radical (unpaired) electrons. The maximum absolute atomic E-state index is 12.6. The summed E-state index contributed by atoms with van der Waals surface area (Å²) in [6.07, 6.45) is 1.55. The number of carbonyl (C=O) groups excluding carboxylic acids is 1. The number of aryl methyl sites for hydroxylation is 1. The van der Waals surface area contributed by atoms with Crippen LogP contribution in [-0.4, -0.2) is 64.7 Å². The maximum atomic E-state index is 12.6. The fourth-order valence-corrected chi connectivity index (χ4v) is 4.61. The van der Waals surface area contributed by atoms with E-state index in [1.165, 1.54) is 28.1 Å². The quantitative estimate of drug-likeness (QED) is 0.571. The number of carbonyl (C=O) groups is 1. The summed E-state index contributed by atoms with van der Waals surface area (Å²) in [6.45, 7) is 1.93. The van der Waals surface area contributed by atoms with Gasteiger partial charge < -0.3 is 15.0 Å². The van der Waals surface area contributed by atoms with E-state index in [-0.39, 0.29) is 29.2 Å². The van der Waals surface area contributed by atoms with Gasteiger partial charge in [0.05, 0.1) is 24.2 Å². The molecule has 0 aliphatic carbocycles. The molecule has 3 aromatic rings. The van der Waals surface area contributed by atoms with Crippen LogP contribution < -0.4 is 15.6 Å². The van der Waals surface area contributed by atoms with E-state index in [4.69, 9.17) is 4.74 Å². The van der Waals surface area contributed by atoms with Gasteiger partial charge in [-0.3, -0.25) is 9.59 Å². The van der Waals surface area contributed by atoms with Crippen LogP contribution in [0.1, 0.15) is 16.2 Å². The lowest BCUT2D eigenvalue weighted by molar-refractivity contribution is 0.0892. The summed E-state index contributed by atoms with van der Waals surface area (Å²) in [5.74, 6) is -0.0235. The molecular formula is C17H18N6O5S. The summed E-state index contributed by atoms with van der Waals surface area (Å²) in [5.41, 5.74) is 0.0352. The average Bonchev–Trinajstić information content (AvgIpc) is 3.08. The minimum atomic E-state index is -3.66. The molecule has 0 unspecified atom stereocenters. The summed E-state index contributed by atoms with van der Waals surface area (Å²) >= 11 is 0. The summed E-state index contributed by atoms with van der Waals surface area (Å²) in [5, 5.41) is 10.3. The number of hydrogen-bond donors (Lipinski definition) is 2. The van der Waals surface area contributed by atoms with Crippen LogP contribution in [-0.2, 0) is 10.0 Å². The lowest BCUT2D eigenvalue weighted by Crippen LogP contribution is -2.60. The summed E-state index contributed by atoms with van der Waals surface area (Å²) < 4.78 is 32.8. The van der Waals surface area contributed by atoms with Gasteiger partial charge >= 0.3 is 0 Å². The molecule has 12 heteroatoms. The predicted octanol–water partition coefficient (Wildman–Crippen LogP) is -0.462. The number of aromatic amines is 1. The maximum Gasteiger partial charge on any atom is 0.276 e. The van der Waals surface area contributed by atoms with Crippen LogP contribution in [0.4, 0.5) is 0 Å². The molecule has 1 aliphatic rings. The lowest BCUT2D eigenvalue weighted by Gasteiger charge is -2.38. The minimum Gasteiger partial charge on any atom is -0.497 e. The fraction of sp³-hybridized carbons (Fsp3) is 0.294. The van der Waals surface area contributed by atoms with Crippen molar-refractivity contribution in [3.8, 4) is 5.75 Å². The van der Waals surface area contributed by atoms with Crippen LogP contribution in [0.25, 0.3) is 5.52 Å². The number of rotatable bonds is 5. The molecule has 11 nitrogen and oxygen atoms in total. The van der Waals surface area contributed by atoms with Crippen LogP contribution >= 0.6 is 0 Å². The molecule has 0 spiro atoms. The summed E-state index contributed by atoms with van der Waals surface area (Å²) in [4.78, 5) is 27.3. The highest BCUT2D eigenvalue weighted by Crippen LogP contribution is 2.23. The molecule has 1 fully saturated rings. The molecule has 4 rings (SSSR count). The molecule has 3 heterocycles. The van der Waals surface area contributed by atoms with E-state index in [2.05, 4.69) is 20.6 Å². The zero-order valence-electron chi connectivity index (χ0n) is 15.6. The number of benzene rings is 1. The standard InChI is InChI=1S/C17H18N6O5S/c1-10-7-23-15(17(25)18-10)14(20-21-23)16(24)19-11-8-22(9-11)29(26,27)13-5-3-12(28-2)4-6-13/h3-7,11H,8-9H2,1-2H3,(H,18,25)(H,19,24). The summed E-state index contributed by atoms with van der Waals surface area (Å²) in [6, 6.07) is 5.69. The van der Waals surface area contributed by atoms with Gasteiger partial charge in [0.2, 0.25) is 10.0 Å². The predicted molar refractivity (Wildman–Crippen MR) is 101 cm³/mol. The first-order valence-electron chi connectivity index (χ1n) is 8.69. The monoisotopic (exact) mass is 418 g/mol. The molecule has 2 N–H and O–H groups in total. The Kier molecular flexibility index (Phi) is 4.59. The Balaban J connectivity index is 1.44. The van der Waals surface area contributed by atoms with Crippen LogP contribution in [0.2, 0.25) is 0 Å². The van der Waals surface area contributed by atoms with E-state index in [0.717, 1.165) is 0 Å². The molecule has 0 bridgehead atoms. The second-order valence-corrected chi connectivity index (χ2v) is 8.60. The lowest BCUT2D eigenvalue weighted by atomic mass is 10.2. The molecule has 29 heavy (non-hydrogen) atoms. The van der Waals surface area contributed by atoms with Crippen molar-refractivity contribution in [3.05, 3.63) is 52.2 Å². The third-order valence-corrected chi connectivity index (χ3v) is 6.48. The van der Waals surface area contributed by atoms with Crippen molar-refractivity contribution in [3.63, 3.8) is 0 Å². The smallest absolute Gasteiger partial charge is 0.276 e. The Labute approximate surface area is 165 Å². The van der Waals surface area contributed by atoms with Crippen LogP contribution in [0.15, 0.2) is 40.2 Å². The number of methoxy groups -OCH3 is 1. The van der Waals surface area contributed by atoms with Crippen molar-refractivity contribution in [2.24, 2.45) is 0 Å². The second kappa shape index (κ2) is 6.97. The Hall–Kier alpha value is -3.25. The normalized spacial score (nSPS) is 15.2. The Morgan fingerprint density at radius 2 is 1.97 bits per heavy atom. The topological polar surface area (TPSA) is 139 Å². The number of nitrogens with zero attached hydrogens (tertiary/aromatic N) is 4. The van der Waals surface area contributed by atoms with Crippen molar-refractivity contribution >= 4 is 21.4 Å². The summed E-state index contributed by atoms with van der Waals surface area (Å²) in [7, 11) is -2.16. The van der Waals surface area contributed by atoms with Crippen molar-refractivity contribution in [2.45, 2.75) is 17.9 Å². The van der Waals surface area contributed by atoms with Gasteiger partial charge in [0.25, 0.3) is 11.5 Å². The molecule has 152 valence electrons. The average molecular weight is 418 g/mol. The third-order valence-electron chi connectivity index (χ3n) is 4.63. The van der Waals surface area contributed by atoms with Gasteiger partial charge in [-0.15, -0.1) is 5.10 Å². The number of nitrogens with one attached hydrogen (secondary N) is 2. The van der Waals surface area contributed by atoms with Crippen molar-refractivity contribution in [1.29, 1.82) is 0 Å². The molecular weight excluding hydrogens is 400 g/mol. The van der Waals surface area contributed by atoms with Crippen LogP contribution in [0.5, 0.6) is 5.75 Å². The first kappa shape index (κ1) is 19.1. The van der Waals surface area contributed by atoms with Gasteiger partial charge in [0, 0.05) is 18.8 Å². The zero-order chi connectivity index (χ0) is 20.8.